The van der Waals surface area contributed by atoms with Crippen LogP contribution in [0.4, 0.5) is 0 Å². The Morgan fingerprint density at radius 3 is 1.33 bits per heavy atom. The highest BCUT2D eigenvalue weighted by Crippen LogP contribution is 2.34. The fourth-order valence-corrected chi connectivity index (χ4v) is 4.87. The van der Waals surface area contributed by atoms with Crippen LogP contribution in [0.3, 0.4) is 0 Å². The second-order valence-corrected chi connectivity index (χ2v) is 9.18. The lowest BCUT2D eigenvalue weighted by molar-refractivity contribution is -0.236. The number of esters is 2. The average Bonchev–Trinajstić information content (AvgIpc) is 2.86. The van der Waals surface area contributed by atoms with Gasteiger partial charge in [-0.2, -0.15) is 0 Å². The topological polar surface area (TPSA) is 77.5 Å². The van der Waals surface area contributed by atoms with Crippen molar-refractivity contribution in [3.05, 3.63) is 83.9 Å². The number of nitrogens with zero attached hydrogens (tertiary/aromatic N) is 2. The van der Waals surface area contributed by atoms with Crippen LogP contribution >= 0.6 is 0 Å². The highest BCUT2D eigenvalue weighted by atomic mass is 16.6. The molecule has 0 N–H and O–H groups in total. The number of rotatable bonds is 8. The molecule has 0 amide bonds. The molecule has 5 rings (SSSR count). The van der Waals surface area contributed by atoms with E-state index in [0.29, 0.717) is 0 Å². The van der Waals surface area contributed by atoms with Crippen LogP contribution in [0, 0.1) is 0 Å². The molecule has 1 aliphatic carbocycles. The van der Waals surface area contributed by atoms with Crippen molar-refractivity contribution in [1.29, 1.82) is 0 Å². The standard InChI is InChI=1S/C28H34N2O6/c1-19(31)35-25-23-15-16-24(30(4)29(23)3)26(36-20(2)32)28(34-18-22-13-9-6-10-14-22)27(25)33-17-21-11-7-5-8-12-21/h5-16,23-28H,17-18H2,1-4H3/t23-,24+,25+,26-,27-,28+. The summed E-state index contributed by atoms with van der Waals surface area (Å²) in [5.41, 5.74) is 1.94. The predicted octanol–water partition coefficient (Wildman–Crippen LogP) is 3.12. The third kappa shape index (κ3) is 6.02. The van der Waals surface area contributed by atoms with Crippen LogP contribution in [-0.4, -0.2) is 72.6 Å². The molecule has 2 aliphatic heterocycles. The second kappa shape index (κ2) is 11.8. The Bertz CT molecular complexity index is 963. The van der Waals surface area contributed by atoms with E-state index in [0.717, 1.165) is 11.1 Å². The Hall–Kier alpha value is -3.04. The maximum atomic E-state index is 12.3. The van der Waals surface area contributed by atoms with E-state index in [1.807, 2.05) is 96.9 Å². The number of ether oxygens (including phenoxy) is 4. The molecule has 0 saturated carbocycles. The number of carbonyl (C=O) groups is 2. The fourth-order valence-electron chi connectivity index (χ4n) is 4.87. The number of hydrogen-bond donors (Lipinski definition) is 0. The molecule has 0 unspecified atom stereocenters. The molecule has 8 nitrogen and oxygen atoms in total. The van der Waals surface area contributed by atoms with Gasteiger partial charge in [-0.15, -0.1) is 0 Å². The third-order valence-corrected chi connectivity index (χ3v) is 6.69. The van der Waals surface area contributed by atoms with Crippen LogP contribution in [0.1, 0.15) is 25.0 Å². The van der Waals surface area contributed by atoms with E-state index >= 15 is 0 Å². The van der Waals surface area contributed by atoms with E-state index in [-0.39, 0.29) is 25.3 Å². The van der Waals surface area contributed by atoms with Gasteiger partial charge < -0.3 is 18.9 Å². The summed E-state index contributed by atoms with van der Waals surface area (Å²) in [7, 11) is 3.84. The number of hydrogen-bond acceptors (Lipinski definition) is 8. The quantitative estimate of drug-likeness (QED) is 0.409. The van der Waals surface area contributed by atoms with Crippen LogP contribution in [0.5, 0.6) is 0 Å². The molecule has 1 saturated heterocycles. The molecule has 1 fully saturated rings. The second-order valence-electron chi connectivity index (χ2n) is 9.18. The maximum Gasteiger partial charge on any atom is 0.303 e. The van der Waals surface area contributed by atoms with Gasteiger partial charge in [0.25, 0.3) is 0 Å². The molecular formula is C28H34N2O6. The maximum absolute atomic E-state index is 12.3. The molecule has 2 bridgehead atoms. The summed E-state index contributed by atoms with van der Waals surface area (Å²) >= 11 is 0. The van der Waals surface area contributed by atoms with Gasteiger partial charge in [-0.3, -0.25) is 9.59 Å². The van der Waals surface area contributed by atoms with Crippen LogP contribution in [0.25, 0.3) is 0 Å². The summed E-state index contributed by atoms with van der Waals surface area (Å²) in [5, 5.41) is 3.97. The summed E-state index contributed by atoms with van der Waals surface area (Å²) in [6.07, 6.45) is 1.12. The zero-order chi connectivity index (χ0) is 25.7. The summed E-state index contributed by atoms with van der Waals surface area (Å²) in [6, 6.07) is 19.0. The molecule has 8 heteroatoms. The molecule has 3 aliphatic rings. The molecule has 0 aromatic heterocycles. The first-order valence-electron chi connectivity index (χ1n) is 12.1. The predicted molar refractivity (Wildman–Crippen MR) is 133 cm³/mol. The lowest BCUT2D eigenvalue weighted by atomic mass is 9.87. The Balaban J connectivity index is 1.75. The highest BCUT2D eigenvalue weighted by Gasteiger charge is 2.52. The van der Waals surface area contributed by atoms with E-state index in [4.69, 9.17) is 18.9 Å². The van der Waals surface area contributed by atoms with Gasteiger partial charge in [0.1, 0.15) is 12.2 Å². The van der Waals surface area contributed by atoms with E-state index < -0.39 is 36.4 Å². The first kappa shape index (κ1) is 26.0. The lowest BCUT2D eigenvalue weighted by Crippen LogP contribution is -2.69. The monoisotopic (exact) mass is 494 g/mol. The molecule has 36 heavy (non-hydrogen) atoms. The molecule has 2 heterocycles. The Labute approximate surface area is 212 Å². The van der Waals surface area contributed by atoms with E-state index in [9.17, 15) is 9.59 Å². The van der Waals surface area contributed by atoms with Gasteiger partial charge in [-0.05, 0) is 11.1 Å². The van der Waals surface area contributed by atoms with Gasteiger partial charge in [0.2, 0.25) is 0 Å². The molecule has 2 aromatic rings. The zero-order valence-corrected chi connectivity index (χ0v) is 21.2. The van der Waals surface area contributed by atoms with Crippen molar-refractivity contribution in [2.45, 2.75) is 63.6 Å². The normalized spacial score (nSPS) is 28.3. The molecular weight excluding hydrogens is 460 g/mol. The van der Waals surface area contributed by atoms with Gasteiger partial charge in [0, 0.05) is 27.9 Å². The van der Waals surface area contributed by atoms with Crippen molar-refractivity contribution in [3.63, 3.8) is 0 Å². The Morgan fingerprint density at radius 1 is 0.639 bits per heavy atom. The van der Waals surface area contributed by atoms with Gasteiger partial charge >= 0.3 is 11.9 Å². The molecule has 0 spiro atoms. The van der Waals surface area contributed by atoms with Crippen molar-refractivity contribution in [2.24, 2.45) is 0 Å². The molecule has 192 valence electrons. The largest absolute Gasteiger partial charge is 0.458 e. The van der Waals surface area contributed by atoms with Gasteiger partial charge in [-0.1, -0.05) is 72.8 Å². The summed E-state index contributed by atoms with van der Waals surface area (Å²) in [4.78, 5) is 24.6. The van der Waals surface area contributed by atoms with Crippen LogP contribution < -0.4 is 0 Å². The summed E-state index contributed by atoms with van der Waals surface area (Å²) < 4.78 is 24.8. The third-order valence-electron chi connectivity index (χ3n) is 6.69. The minimum atomic E-state index is -0.713. The first-order chi connectivity index (χ1) is 17.3. The number of fused-ring (bicyclic) bond motifs is 4. The van der Waals surface area contributed by atoms with Crippen molar-refractivity contribution in [3.8, 4) is 0 Å². The first-order valence-corrected chi connectivity index (χ1v) is 12.1. The van der Waals surface area contributed by atoms with Crippen molar-refractivity contribution < 1.29 is 28.5 Å². The van der Waals surface area contributed by atoms with Crippen LogP contribution in [0.2, 0.25) is 0 Å². The van der Waals surface area contributed by atoms with E-state index in [1.54, 1.807) is 0 Å². The minimum Gasteiger partial charge on any atom is -0.458 e. The smallest absolute Gasteiger partial charge is 0.303 e. The zero-order valence-electron chi connectivity index (χ0n) is 21.2. The van der Waals surface area contributed by atoms with Crippen molar-refractivity contribution in [2.75, 3.05) is 14.1 Å². The van der Waals surface area contributed by atoms with E-state index in [2.05, 4.69) is 0 Å². The molecule has 0 radical (unpaired) electrons. The van der Waals surface area contributed by atoms with Crippen molar-refractivity contribution in [1.82, 2.24) is 10.0 Å². The van der Waals surface area contributed by atoms with Crippen molar-refractivity contribution >= 4 is 11.9 Å². The van der Waals surface area contributed by atoms with E-state index in [1.165, 1.54) is 13.8 Å². The van der Waals surface area contributed by atoms with Crippen LogP contribution in [-0.2, 0) is 41.8 Å². The summed E-state index contributed by atoms with van der Waals surface area (Å²) in [5.74, 6) is -0.849. The van der Waals surface area contributed by atoms with Gasteiger partial charge in [-0.25, -0.2) is 10.0 Å². The number of benzene rings is 2. The summed E-state index contributed by atoms with van der Waals surface area (Å²) in [6.45, 7) is 3.33. The molecule has 2 aromatic carbocycles. The SMILES string of the molecule is CC(=O)O[C@@H]1[C@@H](OCc2ccccc2)[C@@H](OCc2ccccc2)[C@H](OC(C)=O)[C@@H]2C=C[C@H]1N(C)N2C. The Kier molecular flexibility index (Phi) is 8.53. The average molecular weight is 495 g/mol. The minimum absolute atomic E-state index is 0.280. The fraction of sp³-hybridized carbons (Fsp3) is 0.429. The van der Waals surface area contributed by atoms with Crippen LogP contribution in [0.15, 0.2) is 72.8 Å². The number of hydrazine groups is 1. The number of carbonyl (C=O) groups excluding carboxylic acids is 2. The Morgan fingerprint density at radius 2 is 1.00 bits per heavy atom. The highest BCUT2D eigenvalue weighted by molar-refractivity contribution is 5.67. The number of likely N-dealkylation sites (N-methyl/N-ethyl adjacent to an activating group) is 2. The van der Waals surface area contributed by atoms with Gasteiger partial charge in [0.05, 0.1) is 25.3 Å². The molecule has 6 atom stereocenters. The lowest BCUT2D eigenvalue weighted by Gasteiger charge is -2.52. The van der Waals surface area contributed by atoms with Gasteiger partial charge in [0.15, 0.2) is 12.2 Å².